The molecule has 0 aliphatic carbocycles. The number of nitrogens with zero attached hydrogens (tertiary/aromatic N) is 1. The molecule has 1 aliphatic rings. The van der Waals surface area contributed by atoms with E-state index in [0.29, 0.717) is 13.2 Å². The molecule has 0 aromatic carbocycles. The number of likely N-dealkylation sites (N-methyl/N-ethyl adjacent to an activating group) is 1. The first-order chi connectivity index (χ1) is 7.72. The van der Waals surface area contributed by atoms with Crippen LogP contribution in [0.5, 0.6) is 0 Å². The topological polar surface area (TPSA) is 55.8 Å². The molecule has 98 valence electrons. The van der Waals surface area contributed by atoms with E-state index in [2.05, 4.69) is 0 Å². The lowest BCUT2D eigenvalue weighted by atomic mass is 9.99. The van der Waals surface area contributed by atoms with Crippen molar-refractivity contribution in [3.8, 4) is 0 Å². The zero-order valence-electron chi connectivity index (χ0n) is 11.1. The Morgan fingerprint density at radius 2 is 1.88 bits per heavy atom. The number of ketones is 1. The van der Waals surface area contributed by atoms with Gasteiger partial charge >= 0.3 is 6.09 Å². The quantitative estimate of drug-likeness (QED) is 0.736. The van der Waals surface area contributed by atoms with Gasteiger partial charge in [0.15, 0.2) is 0 Å². The predicted molar refractivity (Wildman–Crippen MR) is 62.8 cm³/mol. The van der Waals surface area contributed by atoms with Crippen LogP contribution in [0.25, 0.3) is 0 Å². The van der Waals surface area contributed by atoms with Crippen LogP contribution in [0.4, 0.5) is 4.79 Å². The highest BCUT2D eigenvalue weighted by atomic mass is 16.6. The Labute approximate surface area is 102 Å². The van der Waals surface area contributed by atoms with Gasteiger partial charge in [0.2, 0.25) is 0 Å². The second-order valence-electron chi connectivity index (χ2n) is 5.41. The summed E-state index contributed by atoms with van der Waals surface area (Å²) in [6.07, 6.45) is -0.417. The largest absolute Gasteiger partial charge is 0.444 e. The SMILES string of the molecule is CC(=O)[C@@H]1COC[C@H]1N(C)C(=O)OC(C)(C)C. The van der Waals surface area contributed by atoms with Gasteiger partial charge in [-0.2, -0.15) is 0 Å². The molecule has 0 unspecified atom stereocenters. The average molecular weight is 243 g/mol. The summed E-state index contributed by atoms with van der Waals surface area (Å²) >= 11 is 0. The van der Waals surface area contributed by atoms with Crippen LogP contribution < -0.4 is 0 Å². The van der Waals surface area contributed by atoms with Gasteiger partial charge in [0.1, 0.15) is 11.4 Å². The first-order valence-corrected chi connectivity index (χ1v) is 5.76. The lowest BCUT2D eigenvalue weighted by Gasteiger charge is -2.29. The van der Waals surface area contributed by atoms with Gasteiger partial charge in [-0.05, 0) is 27.7 Å². The van der Waals surface area contributed by atoms with Gasteiger partial charge in [-0.15, -0.1) is 0 Å². The van der Waals surface area contributed by atoms with Gasteiger partial charge in [-0.1, -0.05) is 0 Å². The van der Waals surface area contributed by atoms with Gasteiger partial charge in [0, 0.05) is 7.05 Å². The normalized spacial score (nSPS) is 24.5. The maximum Gasteiger partial charge on any atom is 0.410 e. The molecule has 0 radical (unpaired) electrons. The summed E-state index contributed by atoms with van der Waals surface area (Å²) < 4.78 is 10.5. The Kier molecular flexibility index (Phi) is 4.14. The molecule has 5 heteroatoms. The van der Waals surface area contributed by atoms with Crippen molar-refractivity contribution in [2.75, 3.05) is 20.3 Å². The first kappa shape index (κ1) is 14.0. The van der Waals surface area contributed by atoms with E-state index in [1.54, 1.807) is 7.05 Å². The zero-order valence-corrected chi connectivity index (χ0v) is 11.1. The summed E-state index contributed by atoms with van der Waals surface area (Å²) in [6, 6.07) is -0.220. The number of carbonyl (C=O) groups is 2. The van der Waals surface area contributed by atoms with E-state index in [1.165, 1.54) is 11.8 Å². The number of ether oxygens (including phenoxy) is 2. The van der Waals surface area contributed by atoms with Crippen LogP contribution in [-0.4, -0.2) is 48.7 Å². The molecule has 0 aromatic heterocycles. The van der Waals surface area contributed by atoms with E-state index >= 15 is 0 Å². The summed E-state index contributed by atoms with van der Waals surface area (Å²) in [6.45, 7) is 7.73. The van der Waals surface area contributed by atoms with Crippen LogP contribution in [0, 0.1) is 5.92 Å². The summed E-state index contributed by atoms with van der Waals surface area (Å²) in [7, 11) is 1.64. The predicted octanol–water partition coefficient (Wildman–Crippen LogP) is 1.46. The molecule has 17 heavy (non-hydrogen) atoms. The Hall–Kier alpha value is -1.10. The second-order valence-corrected chi connectivity index (χ2v) is 5.41. The maximum absolute atomic E-state index is 11.9. The van der Waals surface area contributed by atoms with E-state index in [0.717, 1.165) is 0 Å². The third-order valence-electron chi connectivity index (χ3n) is 2.75. The minimum atomic E-state index is -0.531. The van der Waals surface area contributed by atoms with Gasteiger partial charge in [-0.3, -0.25) is 4.79 Å². The number of amides is 1. The lowest BCUT2D eigenvalue weighted by molar-refractivity contribution is -0.121. The number of rotatable bonds is 2. The van der Waals surface area contributed by atoms with Crippen LogP contribution in [0.3, 0.4) is 0 Å². The van der Waals surface area contributed by atoms with Gasteiger partial charge in [0.05, 0.1) is 25.2 Å². The number of hydrogen-bond acceptors (Lipinski definition) is 4. The molecular formula is C12H21NO4. The van der Waals surface area contributed by atoms with Gasteiger partial charge < -0.3 is 14.4 Å². The van der Waals surface area contributed by atoms with E-state index in [-0.39, 0.29) is 17.7 Å². The molecule has 1 amide bonds. The number of Topliss-reactive ketones (excluding diaryl/α,β-unsaturated/α-hetero) is 1. The van der Waals surface area contributed by atoms with E-state index in [4.69, 9.17) is 9.47 Å². The van der Waals surface area contributed by atoms with Crippen LogP contribution in [0.15, 0.2) is 0 Å². The van der Waals surface area contributed by atoms with Crippen LogP contribution in [0.1, 0.15) is 27.7 Å². The first-order valence-electron chi connectivity index (χ1n) is 5.76. The summed E-state index contributed by atoms with van der Waals surface area (Å²) in [5, 5.41) is 0. The molecule has 1 fully saturated rings. The third-order valence-corrected chi connectivity index (χ3v) is 2.75. The molecule has 1 saturated heterocycles. The lowest BCUT2D eigenvalue weighted by Crippen LogP contribution is -2.45. The Morgan fingerprint density at radius 1 is 1.29 bits per heavy atom. The fraction of sp³-hybridized carbons (Fsp3) is 0.833. The zero-order chi connectivity index (χ0) is 13.2. The monoisotopic (exact) mass is 243 g/mol. The molecule has 0 aromatic rings. The molecule has 1 aliphatic heterocycles. The molecule has 0 spiro atoms. The number of carbonyl (C=O) groups excluding carboxylic acids is 2. The molecule has 5 nitrogen and oxygen atoms in total. The van der Waals surface area contributed by atoms with Crippen molar-refractivity contribution in [3.63, 3.8) is 0 Å². The van der Waals surface area contributed by atoms with E-state index in [1.807, 2.05) is 20.8 Å². The average Bonchev–Trinajstić information content (AvgIpc) is 2.61. The van der Waals surface area contributed by atoms with Gasteiger partial charge in [0.25, 0.3) is 0 Å². The standard InChI is InChI=1S/C12H21NO4/c1-8(14)9-6-16-7-10(9)13(5)11(15)17-12(2,3)4/h9-10H,6-7H2,1-5H3/t9-,10+/m0/s1. The van der Waals surface area contributed by atoms with E-state index < -0.39 is 11.7 Å². The third kappa shape index (κ3) is 3.70. The fourth-order valence-corrected chi connectivity index (χ4v) is 1.78. The minimum absolute atomic E-state index is 0.0444. The Morgan fingerprint density at radius 3 is 2.35 bits per heavy atom. The highest BCUT2D eigenvalue weighted by Gasteiger charge is 2.37. The van der Waals surface area contributed by atoms with Crippen molar-refractivity contribution >= 4 is 11.9 Å². The van der Waals surface area contributed by atoms with Crippen molar-refractivity contribution in [1.82, 2.24) is 4.90 Å². The smallest absolute Gasteiger partial charge is 0.410 e. The van der Waals surface area contributed by atoms with Crippen molar-refractivity contribution < 1.29 is 19.1 Å². The van der Waals surface area contributed by atoms with Crippen molar-refractivity contribution in [1.29, 1.82) is 0 Å². The van der Waals surface area contributed by atoms with E-state index in [9.17, 15) is 9.59 Å². The van der Waals surface area contributed by atoms with Crippen molar-refractivity contribution in [3.05, 3.63) is 0 Å². The second kappa shape index (κ2) is 5.04. The van der Waals surface area contributed by atoms with Crippen LogP contribution in [-0.2, 0) is 14.3 Å². The summed E-state index contributed by atoms with van der Waals surface area (Å²) in [5.41, 5.74) is -0.531. The van der Waals surface area contributed by atoms with Crippen LogP contribution >= 0.6 is 0 Å². The Bertz CT molecular complexity index is 308. The molecule has 2 atom stereocenters. The highest BCUT2D eigenvalue weighted by molar-refractivity contribution is 5.80. The molecule has 0 N–H and O–H groups in total. The molecule has 1 rings (SSSR count). The molecule has 1 heterocycles. The molecule has 0 saturated carbocycles. The van der Waals surface area contributed by atoms with Crippen molar-refractivity contribution in [2.24, 2.45) is 5.92 Å². The molecular weight excluding hydrogens is 222 g/mol. The maximum atomic E-state index is 11.9. The molecule has 0 bridgehead atoms. The minimum Gasteiger partial charge on any atom is -0.444 e. The Balaban J connectivity index is 2.66. The van der Waals surface area contributed by atoms with Gasteiger partial charge in [-0.25, -0.2) is 4.79 Å². The summed E-state index contributed by atoms with van der Waals surface area (Å²) in [4.78, 5) is 24.7. The fourth-order valence-electron chi connectivity index (χ4n) is 1.78. The number of hydrogen-bond donors (Lipinski definition) is 0. The van der Waals surface area contributed by atoms with Crippen LogP contribution in [0.2, 0.25) is 0 Å². The van der Waals surface area contributed by atoms with Crippen molar-refractivity contribution in [2.45, 2.75) is 39.3 Å². The summed E-state index contributed by atoms with van der Waals surface area (Å²) in [5.74, 6) is -0.199. The highest BCUT2D eigenvalue weighted by Crippen LogP contribution is 2.21.